The zero-order valence-corrected chi connectivity index (χ0v) is 13.2. The Labute approximate surface area is 124 Å². The number of anilines is 1. The van der Waals surface area contributed by atoms with E-state index in [0.29, 0.717) is 6.04 Å². The molecule has 0 spiro atoms. The van der Waals surface area contributed by atoms with E-state index in [-0.39, 0.29) is 0 Å². The van der Waals surface area contributed by atoms with E-state index in [1.807, 2.05) is 18.3 Å². The van der Waals surface area contributed by atoms with Gasteiger partial charge < -0.3 is 9.64 Å². The van der Waals surface area contributed by atoms with E-state index in [1.165, 1.54) is 25.7 Å². The summed E-state index contributed by atoms with van der Waals surface area (Å²) < 4.78 is 5.85. The van der Waals surface area contributed by atoms with Gasteiger partial charge in [-0.25, -0.2) is 4.98 Å². The van der Waals surface area contributed by atoms with Crippen molar-refractivity contribution in [2.75, 3.05) is 23.4 Å². The molecule has 0 N–H and O–H groups in total. The van der Waals surface area contributed by atoms with Crippen LogP contribution in [0.15, 0.2) is 18.3 Å². The Morgan fingerprint density at radius 2 is 2.32 bits per heavy atom. The number of ether oxygens (including phenoxy) is 1. The van der Waals surface area contributed by atoms with Gasteiger partial charge in [-0.05, 0) is 31.4 Å². The third-order valence-electron chi connectivity index (χ3n) is 3.54. The molecule has 0 bridgehead atoms. The molecule has 0 amide bonds. The summed E-state index contributed by atoms with van der Waals surface area (Å²) in [7, 11) is 0. The minimum atomic E-state index is 0.529. The van der Waals surface area contributed by atoms with Gasteiger partial charge in [0, 0.05) is 24.1 Å². The highest BCUT2D eigenvalue weighted by atomic mass is 79.9. The molecule has 3 nitrogen and oxygen atoms in total. The van der Waals surface area contributed by atoms with Crippen molar-refractivity contribution in [2.45, 2.75) is 45.1 Å². The van der Waals surface area contributed by atoms with Crippen LogP contribution in [0.1, 0.15) is 39.0 Å². The molecule has 1 unspecified atom stereocenters. The van der Waals surface area contributed by atoms with Gasteiger partial charge in [-0.2, -0.15) is 0 Å². The SMILES string of the molecule is CCCOc1cccnc1N1CCCCCC1CBr. The van der Waals surface area contributed by atoms with E-state index >= 15 is 0 Å². The molecule has 1 aliphatic rings. The molecule has 4 heteroatoms. The van der Waals surface area contributed by atoms with E-state index in [0.717, 1.165) is 36.5 Å². The lowest BCUT2D eigenvalue weighted by Gasteiger charge is -2.31. The van der Waals surface area contributed by atoms with Crippen LogP contribution in [-0.2, 0) is 0 Å². The molecule has 106 valence electrons. The number of aromatic nitrogens is 1. The quantitative estimate of drug-likeness (QED) is 0.764. The number of rotatable bonds is 5. The predicted octanol–water partition coefficient (Wildman–Crippen LogP) is 4.01. The fourth-order valence-electron chi connectivity index (χ4n) is 2.54. The molecular formula is C15H23BrN2O. The van der Waals surface area contributed by atoms with Gasteiger partial charge in [-0.1, -0.05) is 35.7 Å². The first-order chi connectivity index (χ1) is 9.36. The van der Waals surface area contributed by atoms with Crippen molar-refractivity contribution < 1.29 is 4.74 Å². The van der Waals surface area contributed by atoms with Crippen molar-refractivity contribution in [2.24, 2.45) is 0 Å². The lowest BCUT2D eigenvalue weighted by molar-refractivity contribution is 0.316. The van der Waals surface area contributed by atoms with Gasteiger partial charge in [-0.3, -0.25) is 0 Å². The highest BCUT2D eigenvalue weighted by molar-refractivity contribution is 9.09. The predicted molar refractivity (Wildman–Crippen MR) is 83.4 cm³/mol. The van der Waals surface area contributed by atoms with Crippen LogP contribution in [0.2, 0.25) is 0 Å². The smallest absolute Gasteiger partial charge is 0.171 e. The van der Waals surface area contributed by atoms with Crippen molar-refractivity contribution in [1.29, 1.82) is 0 Å². The molecule has 1 atom stereocenters. The second kappa shape index (κ2) is 7.73. The maximum Gasteiger partial charge on any atom is 0.171 e. The number of hydrogen-bond acceptors (Lipinski definition) is 3. The lowest BCUT2D eigenvalue weighted by Crippen LogP contribution is -2.37. The maximum absolute atomic E-state index is 5.85. The number of alkyl halides is 1. The van der Waals surface area contributed by atoms with Crippen molar-refractivity contribution >= 4 is 21.7 Å². The Bertz CT molecular complexity index is 386. The standard InChI is InChI=1S/C15H23BrN2O/c1-2-11-19-14-8-6-9-17-15(14)18-10-5-3-4-7-13(18)12-16/h6,8-9,13H,2-5,7,10-12H2,1H3. The molecule has 1 aromatic heterocycles. The topological polar surface area (TPSA) is 25.4 Å². The molecule has 1 aromatic rings. The molecule has 1 aliphatic heterocycles. The third kappa shape index (κ3) is 3.85. The molecule has 0 saturated carbocycles. The summed E-state index contributed by atoms with van der Waals surface area (Å²) in [5.41, 5.74) is 0. The summed E-state index contributed by atoms with van der Waals surface area (Å²) >= 11 is 3.65. The van der Waals surface area contributed by atoms with E-state index in [2.05, 4.69) is 32.7 Å². The van der Waals surface area contributed by atoms with Gasteiger partial charge in [0.05, 0.1) is 6.61 Å². The van der Waals surface area contributed by atoms with Crippen molar-refractivity contribution in [1.82, 2.24) is 4.98 Å². The first-order valence-electron chi connectivity index (χ1n) is 7.27. The molecular weight excluding hydrogens is 304 g/mol. The van der Waals surface area contributed by atoms with E-state index < -0.39 is 0 Å². The van der Waals surface area contributed by atoms with E-state index in [4.69, 9.17) is 4.74 Å². The van der Waals surface area contributed by atoms with Gasteiger partial charge >= 0.3 is 0 Å². The van der Waals surface area contributed by atoms with Gasteiger partial charge in [0.1, 0.15) is 0 Å². The Balaban J connectivity index is 2.21. The summed E-state index contributed by atoms with van der Waals surface area (Å²) in [6.07, 6.45) is 7.99. The van der Waals surface area contributed by atoms with Crippen LogP contribution in [-0.4, -0.2) is 29.5 Å². The second-order valence-corrected chi connectivity index (χ2v) is 5.67. The van der Waals surface area contributed by atoms with Crippen LogP contribution < -0.4 is 9.64 Å². The summed E-state index contributed by atoms with van der Waals surface area (Å²) in [6.45, 7) is 3.96. The zero-order valence-electron chi connectivity index (χ0n) is 11.6. The van der Waals surface area contributed by atoms with Crippen LogP contribution in [0.3, 0.4) is 0 Å². The van der Waals surface area contributed by atoms with Crippen molar-refractivity contribution in [3.63, 3.8) is 0 Å². The molecule has 1 fully saturated rings. The molecule has 0 radical (unpaired) electrons. The average Bonchev–Trinajstić information content (AvgIpc) is 2.70. The summed E-state index contributed by atoms with van der Waals surface area (Å²) in [6, 6.07) is 4.52. The van der Waals surface area contributed by atoms with Gasteiger partial charge in [0.15, 0.2) is 11.6 Å². The zero-order chi connectivity index (χ0) is 13.5. The monoisotopic (exact) mass is 326 g/mol. The fourth-order valence-corrected chi connectivity index (χ4v) is 3.21. The van der Waals surface area contributed by atoms with E-state index in [9.17, 15) is 0 Å². The van der Waals surface area contributed by atoms with Crippen LogP contribution in [0.5, 0.6) is 5.75 Å². The fraction of sp³-hybridized carbons (Fsp3) is 0.667. The first-order valence-corrected chi connectivity index (χ1v) is 8.39. The minimum absolute atomic E-state index is 0.529. The Morgan fingerprint density at radius 3 is 3.11 bits per heavy atom. The van der Waals surface area contributed by atoms with Crippen molar-refractivity contribution in [3.05, 3.63) is 18.3 Å². The van der Waals surface area contributed by atoms with Crippen LogP contribution in [0, 0.1) is 0 Å². The normalized spacial score (nSPS) is 20.1. The molecule has 0 aromatic carbocycles. The Kier molecular flexibility index (Phi) is 5.95. The first kappa shape index (κ1) is 14.6. The highest BCUT2D eigenvalue weighted by Gasteiger charge is 2.23. The van der Waals surface area contributed by atoms with Crippen molar-refractivity contribution in [3.8, 4) is 5.75 Å². The number of pyridine rings is 1. The number of hydrogen-bond donors (Lipinski definition) is 0. The highest BCUT2D eigenvalue weighted by Crippen LogP contribution is 2.31. The third-order valence-corrected chi connectivity index (χ3v) is 4.29. The van der Waals surface area contributed by atoms with Gasteiger partial charge in [-0.15, -0.1) is 0 Å². The minimum Gasteiger partial charge on any atom is -0.490 e. The Hall–Kier alpha value is -0.770. The summed E-state index contributed by atoms with van der Waals surface area (Å²) in [5.74, 6) is 1.94. The second-order valence-electron chi connectivity index (χ2n) is 5.02. The average molecular weight is 327 g/mol. The molecule has 2 rings (SSSR count). The van der Waals surface area contributed by atoms with Crippen LogP contribution in [0.25, 0.3) is 0 Å². The Morgan fingerprint density at radius 1 is 1.42 bits per heavy atom. The summed E-state index contributed by atoms with van der Waals surface area (Å²) in [5, 5.41) is 0.997. The molecule has 1 saturated heterocycles. The lowest BCUT2D eigenvalue weighted by atomic mass is 10.1. The molecule has 19 heavy (non-hydrogen) atoms. The maximum atomic E-state index is 5.85. The molecule has 2 heterocycles. The van der Waals surface area contributed by atoms with E-state index in [1.54, 1.807) is 0 Å². The number of halogens is 1. The van der Waals surface area contributed by atoms with Gasteiger partial charge in [0.25, 0.3) is 0 Å². The number of nitrogens with zero attached hydrogens (tertiary/aromatic N) is 2. The van der Waals surface area contributed by atoms with Gasteiger partial charge in [0.2, 0.25) is 0 Å². The van der Waals surface area contributed by atoms with Crippen LogP contribution in [0.4, 0.5) is 5.82 Å². The largest absolute Gasteiger partial charge is 0.490 e. The molecule has 0 aliphatic carbocycles. The summed E-state index contributed by atoms with van der Waals surface area (Å²) in [4.78, 5) is 7.00. The van der Waals surface area contributed by atoms with Crippen LogP contribution >= 0.6 is 15.9 Å².